The minimum atomic E-state index is -0.648. The summed E-state index contributed by atoms with van der Waals surface area (Å²) in [5, 5.41) is 4.89. The van der Waals surface area contributed by atoms with Crippen molar-refractivity contribution >= 4 is 28.3 Å². The van der Waals surface area contributed by atoms with Gasteiger partial charge in [0, 0.05) is 29.4 Å². The number of hydrogen-bond donors (Lipinski definition) is 1. The molecule has 3 aromatic rings. The summed E-state index contributed by atoms with van der Waals surface area (Å²) in [5.74, 6) is -1.67. The summed E-state index contributed by atoms with van der Waals surface area (Å²) in [4.78, 5) is 28.8. The van der Waals surface area contributed by atoms with Crippen LogP contribution in [0.4, 0.5) is 10.1 Å². The highest BCUT2D eigenvalue weighted by Crippen LogP contribution is 2.49. The first-order valence-corrected chi connectivity index (χ1v) is 9.89. The molecule has 1 amide bonds. The third-order valence-electron chi connectivity index (χ3n) is 5.07. The standard InChI is InChI=1S/C24H23FN2O3/c1-24(2,3)30-23(29)15-5-7-18(21(25)11-15)19-12-20(19)22(28)27-17-6-4-16-13-26-9-8-14(16)10-17/h4-11,13,19-20H,12H2,1-3H3,(H,27,28)/t19-,20+/m0/s1. The van der Waals surface area contributed by atoms with Gasteiger partial charge in [-0.15, -0.1) is 0 Å². The zero-order chi connectivity index (χ0) is 21.5. The monoisotopic (exact) mass is 406 g/mol. The first kappa shape index (κ1) is 20.0. The zero-order valence-electron chi connectivity index (χ0n) is 17.1. The van der Waals surface area contributed by atoms with E-state index in [1.54, 1.807) is 45.3 Å². The molecule has 6 heteroatoms. The molecule has 0 radical (unpaired) electrons. The van der Waals surface area contributed by atoms with Crippen LogP contribution in [0.5, 0.6) is 0 Å². The number of hydrogen-bond acceptors (Lipinski definition) is 4. The van der Waals surface area contributed by atoms with Crippen molar-refractivity contribution in [3.63, 3.8) is 0 Å². The van der Waals surface area contributed by atoms with Crippen molar-refractivity contribution < 1.29 is 18.7 Å². The number of pyridine rings is 1. The van der Waals surface area contributed by atoms with Gasteiger partial charge < -0.3 is 10.1 Å². The maximum absolute atomic E-state index is 14.6. The number of benzene rings is 2. The van der Waals surface area contributed by atoms with Crippen molar-refractivity contribution in [3.05, 3.63) is 71.8 Å². The summed E-state index contributed by atoms with van der Waals surface area (Å²) in [7, 11) is 0. The van der Waals surface area contributed by atoms with E-state index in [0.29, 0.717) is 17.7 Å². The molecular weight excluding hydrogens is 383 g/mol. The van der Waals surface area contributed by atoms with E-state index in [-0.39, 0.29) is 23.3 Å². The van der Waals surface area contributed by atoms with Gasteiger partial charge in [0.25, 0.3) is 0 Å². The predicted molar refractivity (Wildman–Crippen MR) is 113 cm³/mol. The quantitative estimate of drug-likeness (QED) is 0.614. The van der Waals surface area contributed by atoms with Crippen molar-refractivity contribution in [2.45, 2.75) is 38.7 Å². The molecule has 1 aromatic heterocycles. The van der Waals surface area contributed by atoms with Gasteiger partial charge in [-0.25, -0.2) is 9.18 Å². The van der Waals surface area contributed by atoms with E-state index in [4.69, 9.17) is 4.74 Å². The van der Waals surface area contributed by atoms with E-state index in [9.17, 15) is 14.0 Å². The molecule has 0 spiro atoms. The van der Waals surface area contributed by atoms with Crippen molar-refractivity contribution in [3.8, 4) is 0 Å². The number of nitrogens with zero attached hydrogens (tertiary/aromatic N) is 1. The number of esters is 1. The Kier molecular flexibility index (Phi) is 5.02. The van der Waals surface area contributed by atoms with E-state index < -0.39 is 17.4 Å². The third kappa shape index (κ3) is 4.32. The van der Waals surface area contributed by atoms with Gasteiger partial charge in [-0.1, -0.05) is 12.1 Å². The lowest BCUT2D eigenvalue weighted by Crippen LogP contribution is -2.24. The van der Waals surface area contributed by atoms with Gasteiger partial charge in [0.2, 0.25) is 5.91 Å². The van der Waals surface area contributed by atoms with Crippen LogP contribution in [0.15, 0.2) is 54.9 Å². The molecule has 1 fully saturated rings. The summed E-state index contributed by atoms with van der Waals surface area (Å²) in [6.45, 7) is 5.28. The lowest BCUT2D eigenvalue weighted by atomic mass is 10.0. The lowest BCUT2D eigenvalue weighted by Gasteiger charge is -2.19. The largest absolute Gasteiger partial charge is 0.456 e. The predicted octanol–water partition coefficient (Wildman–Crippen LogP) is 5.07. The first-order valence-electron chi connectivity index (χ1n) is 9.89. The second kappa shape index (κ2) is 7.52. The molecule has 0 saturated heterocycles. The second-order valence-corrected chi connectivity index (χ2v) is 8.61. The summed E-state index contributed by atoms with van der Waals surface area (Å²) in [5.41, 5.74) is 0.668. The van der Waals surface area contributed by atoms with E-state index in [1.807, 2.05) is 24.3 Å². The molecule has 2 aromatic carbocycles. The summed E-state index contributed by atoms with van der Waals surface area (Å²) in [6, 6.07) is 11.8. The topological polar surface area (TPSA) is 68.3 Å². The Bertz CT molecular complexity index is 1140. The Labute approximate surface area is 174 Å². The molecule has 1 aliphatic carbocycles. The van der Waals surface area contributed by atoms with E-state index in [2.05, 4.69) is 10.3 Å². The molecule has 1 saturated carbocycles. The van der Waals surface area contributed by atoms with Gasteiger partial charge in [0.15, 0.2) is 0 Å². The number of rotatable bonds is 4. The summed E-state index contributed by atoms with van der Waals surface area (Å²) >= 11 is 0. The van der Waals surface area contributed by atoms with Crippen LogP contribution in [0.3, 0.4) is 0 Å². The van der Waals surface area contributed by atoms with Crippen molar-refractivity contribution in [1.82, 2.24) is 4.98 Å². The summed E-state index contributed by atoms with van der Waals surface area (Å²) < 4.78 is 19.9. The van der Waals surface area contributed by atoms with Gasteiger partial charge in [0.05, 0.1) is 5.56 Å². The molecule has 1 aliphatic rings. The molecule has 0 unspecified atom stereocenters. The van der Waals surface area contributed by atoms with Gasteiger partial charge in [-0.05, 0) is 74.4 Å². The SMILES string of the molecule is CC(C)(C)OC(=O)c1ccc([C@@H]2C[C@H]2C(=O)Nc2ccc3cnccc3c2)c(F)c1. The van der Waals surface area contributed by atoms with Gasteiger partial charge in [-0.3, -0.25) is 9.78 Å². The van der Waals surface area contributed by atoms with E-state index in [0.717, 1.165) is 10.8 Å². The van der Waals surface area contributed by atoms with Gasteiger partial charge in [0.1, 0.15) is 11.4 Å². The van der Waals surface area contributed by atoms with Crippen LogP contribution in [0.2, 0.25) is 0 Å². The minimum absolute atomic E-state index is 0.135. The Balaban J connectivity index is 1.43. The number of fused-ring (bicyclic) bond motifs is 1. The Morgan fingerprint density at radius 2 is 1.90 bits per heavy atom. The lowest BCUT2D eigenvalue weighted by molar-refractivity contribution is -0.117. The van der Waals surface area contributed by atoms with Crippen LogP contribution < -0.4 is 5.32 Å². The Morgan fingerprint density at radius 1 is 1.10 bits per heavy atom. The van der Waals surface area contributed by atoms with Crippen LogP contribution in [0.1, 0.15) is 49.0 Å². The number of carbonyl (C=O) groups is 2. The van der Waals surface area contributed by atoms with Crippen LogP contribution >= 0.6 is 0 Å². The Morgan fingerprint density at radius 3 is 2.63 bits per heavy atom. The Hall–Kier alpha value is -3.28. The average molecular weight is 406 g/mol. The number of ether oxygens (including phenoxy) is 1. The highest BCUT2D eigenvalue weighted by atomic mass is 19.1. The molecular formula is C24H23FN2O3. The number of aromatic nitrogens is 1. The van der Waals surface area contributed by atoms with Crippen molar-refractivity contribution in [2.24, 2.45) is 5.92 Å². The summed E-state index contributed by atoms with van der Waals surface area (Å²) in [6.07, 6.45) is 4.04. The molecule has 0 aliphatic heterocycles. The van der Waals surface area contributed by atoms with Crippen LogP contribution in [0.25, 0.3) is 10.8 Å². The number of halogens is 1. The fourth-order valence-electron chi connectivity index (χ4n) is 3.52. The minimum Gasteiger partial charge on any atom is -0.456 e. The fourth-order valence-corrected chi connectivity index (χ4v) is 3.52. The normalized spacial score (nSPS) is 18.1. The number of anilines is 1. The maximum Gasteiger partial charge on any atom is 0.338 e. The average Bonchev–Trinajstić information content (AvgIpc) is 3.47. The third-order valence-corrected chi connectivity index (χ3v) is 5.07. The van der Waals surface area contributed by atoms with Crippen LogP contribution in [-0.4, -0.2) is 22.5 Å². The van der Waals surface area contributed by atoms with E-state index >= 15 is 0 Å². The molecule has 154 valence electrons. The maximum atomic E-state index is 14.6. The zero-order valence-corrected chi connectivity index (χ0v) is 17.1. The first-order chi connectivity index (χ1) is 14.2. The van der Waals surface area contributed by atoms with Gasteiger partial charge in [-0.2, -0.15) is 0 Å². The van der Waals surface area contributed by atoms with Crippen LogP contribution in [0, 0.1) is 11.7 Å². The number of carbonyl (C=O) groups excluding carboxylic acids is 2. The number of nitrogens with one attached hydrogen (secondary N) is 1. The molecule has 5 nitrogen and oxygen atoms in total. The number of amides is 1. The molecule has 1 N–H and O–H groups in total. The second-order valence-electron chi connectivity index (χ2n) is 8.61. The van der Waals surface area contributed by atoms with Crippen LogP contribution in [-0.2, 0) is 9.53 Å². The van der Waals surface area contributed by atoms with Crippen molar-refractivity contribution in [2.75, 3.05) is 5.32 Å². The molecule has 1 heterocycles. The fraction of sp³-hybridized carbons (Fsp3) is 0.292. The van der Waals surface area contributed by atoms with Gasteiger partial charge >= 0.3 is 5.97 Å². The van der Waals surface area contributed by atoms with E-state index in [1.165, 1.54) is 6.07 Å². The molecule has 4 rings (SSSR count). The smallest absolute Gasteiger partial charge is 0.338 e. The highest BCUT2D eigenvalue weighted by molar-refractivity contribution is 5.97. The van der Waals surface area contributed by atoms with Crippen molar-refractivity contribution in [1.29, 1.82) is 0 Å². The molecule has 30 heavy (non-hydrogen) atoms. The highest BCUT2D eigenvalue weighted by Gasteiger charge is 2.45. The molecule has 2 atom stereocenters. The molecule has 0 bridgehead atoms.